The normalized spacial score (nSPS) is 10.6. The van der Waals surface area contributed by atoms with Crippen LogP contribution >= 0.6 is 11.3 Å². The van der Waals surface area contributed by atoms with Crippen LogP contribution in [0, 0.1) is 6.92 Å². The second-order valence-electron chi connectivity index (χ2n) is 3.50. The van der Waals surface area contributed by atoms with Crippen LogP contribution in [0.3, 0.4) is 0 Å². The molecule has 0 radical (unpaired) electrons. The maximum atomic E-state index is 11.6. The maximum absolute atomic E-state index is 11.6. The zero-order chi connectivity index (χ0) is 11.7. The molecule has 0 unspecified atom stereocenters. The molecule has 2 rings (SSSR count). The minimum atomic E-state index is -0.266. The summed E-state index contributed by atoms with van der Waals surface area (Å²) >= 11 is 1.49. The van der Waals surface area contributed by atoms with Crippen LogP contribution in [0.4, 0.5) is 0 Å². The summed E-state index contributed by atoms with van der Waals surface area (Å²) in [5.41, 5.74) is 1.10. The average Bonchev–Trinajstić information content (AvgIpc) is 2.64. The number of nitrogens with zero attached hydrogens (tertiary/aromatic N) is 1. The highest BCUT2D eigenvalue weighted by atomic mass is 32.1. The Hall–Kier alpha value is -1.62. The summed E-state index contributed by atoms with van der Waals surface area (Å²) in [6, 6.07) is 1.95. The van der Waals surface area contributed by atoms with Gasteiger partial charge in [-0.2, -0.15) is 4.98 Å². The summed E-state index contributed by atoms with van der Waals surface area (Å²) in [6.07, 6.45) is 0.470. The van der Waals surface area contributed by atoms with Crippen molar-refractivity contribution in [3.63, 3.8) is 0 Å². The fourth-order valence-electron chi connectivity index (χ4n) is 1.53. The molecule has 0 amide bonds. The SMILES string of the molecule is CCc1c(O)nc(-c2sccc2C)[nH]c1=O. The third-order valence-corrected chi connectivity index (χ3v) is 3.45. The lowest BCUT2D eigenvalue weighted by Gasteiger charge is -2.03. The predicted octanol–water partition coefficient (Wildman–Crippen LogP) is 2.07. The summed E-state index contributed by atoms with van der Waals surface area (Å²) < 4.78 is 0. The highest BCUT2D eigenvalue weighted by Crippen LogP contribution is 2.26. The molecule has 0 aliphatic rings. The number of aromatic nitrogens is 2. The summed E-state index contributed by atoms with van der Waals surface area (Å²) in [7, 11) is 0. The van der Waals surface area contributed by atoms with E-state index in [2.05, 4.69) is 9.97 Å². The molecule has 2 N–H and O–H groups in total. The van der Waals surface area contributed by atoms with E-state index < -0.39 is 0 Å². The van der Waals surface area contributed by atoms with Gasteiger partial charge in [-0.3, -0.25) is 4.79 Å². The first kappa shape index (κ1) is 10.9. The van der Waals surface area contributed by atoms with Gasteiger partial charge in [0.15, 0.2) is 5.82 Å². The third kappa shape index (κ3) is 1.74. The third-order valence-electron chi connectivity index (χ3n) is 2.42. The molecule has 0 aliphatic carbocycles. The van der Waals surface area contributed by atoms with Gasteiger partial charge in [-0.15, -0.1) is 11.3 Å². The number of H-pyrrole nitrogens is 1. The van der Waals surface area contributed by atoms with Crippen LogP contribution in [-0.2, 0) is 6.42 Å². The van der Waals surface area contributed by atoms with E-state index in [4.69, 9.17) is 0 Å². The Labute approximate surface area is 96.6 Å². The zero-order valence-electron chi connectivity index (χ0n) is 9.07. The van der Waals surface area contributed by atoms with E-state index in [1.807, 2.05) is 25.3 Å². The number of nitrogens with one attached hydrogen (secondary N) is 1. The molecule has 0 fully saturated rings. The van der Waals surface area contributed by atoms with E-state index in [0.29, 0.717) is 17.8 Å². The van der Waals surface area contributed by atoms with Crippen molar-refractivity contribution in [1.29, 1.82) is 0 Å². The summed E-state index contributed by atoms with van der Waals surface area (Å²) in [5, 5.41) is 11.6. The van der Waals surface area contributed by atoms with E-state index in [9.17, 15) is 9.90 Å². The van der Waals surface area contributed by atoms with Crippen molar-refractivity contribution >= 4 is 11.3 Å². The lowest BCUT2D eigenvalue weighted by Crippen LogP contribution is -2.14. The molecule has 0 saturated carbocycles. The summed E-state index contributed by atoms with van der Waals surface area (Å²) in [4.78, 5) is 19.2. The first-order valence-corrected chi connectivity index (χ1v) is 5.88. The summed E-state index contributed by atoms with van der Waals surface area (Å²) in [5.74, 6) is 0.265. The van der Waals surface area contributed by atoms with E-state index in [1.165, 1.54) is 11.3 Å². The smallest absolute Gasteiger partial charge is 0.258 e. The standard InChI is InChI=1S/C11H12N2O2S/c1-3-7-10(14)12-9(13-11(7)15)8-6(2)4-5-16-8/h4-5H,3H2,1-2H3,(H2,12,13,14,15). The van der Waals surface area contributed by atoms with E-state index in [1.54, 1.807) is 0 Å². The first-order chi connectivity index (χ1) is 7.63. The minimum absolute atomic E-state index is 0.172. The van der Waals surface area contributed by atoms with Gasteiger partial charge in [0.1, 0.15) is 0 Å². The Morgan fingerprint density at radius 3 is 2.81 bits per heavy atom. The van der Waals surface area contributed by atoms with E-state index in [0.717, 1.165) is 10.4 Å². The second-order valence-corrected chi connectivity index (χ2v) is 4.42. The Morgan fingerprint density at radius 1 is 1.56 bits per heavy atom. The molecule has 0 bridgehead atoms. The molecule has 4 nitrogen and oxygen atoms in total. The maximum Gasteiger partial charge on any atom is 0.258 e. The predicted molar refractivity (Wildman–Crippen MR) is 64.0 cm³/mol. The van der Waals surface area contributed by atoms with Crippen LogP contribution in [-0.4, -0.2) is 15.1 Å². The van der Waals surface area contributed by atoms with Crippen LogP contribution in [0.2, 0.25) is 0 Å². The minimum Gasteiger partial charge on any atom is -0.493 e. The van der Waals surface area contributed by atoms with Crippen molar-refractivity contribution in [2.45, 2.75) is 20.3 Å². The Morgan fingerprint density at radius 2 is 2.31 bits per heavy atom. The number of rotatable bonds is 2. The Kier molecular flexibility index (Phi) is 2.78. The van der Waals surface area contributed by atoms with Gasteiger partial charge in [-0.1, -0.05) is 6.92 Å². The molecule has 0 aliphatic heterocycles. The Bertz CT molecular complexity index is 572. The van der Waals surface area contributed by atoms with Crippen LogP contribution in [0.1, 0.15) is 18.1 Å². The molecule has 2 heterocycles. The van der Waals surface area contributed by atoms with Crippen LogP contribution in [0.15, 0.2) is 16.2 Å². The van der Waals surface area contributed by atoms with Crippen LogP contribution in [0.25, 0.3) is 10.7 Å². The average molecular weight is 236 g/mol. The fraction of sp³-hybridized carbons (Fsp3) is 0.273. The quantitative estimate of drug-likeness (QED) is 0.839. The van der Waals surface area contributed by atoms with Gasteiger partial charge in [0, 0.05) is 0 Å². The molecular weight excluding hydrogens is 224 g/mol. The van der Waals surface area contributed by atoms with Gasteiger partial charge >= 0.3 is 0 Å². The molecule has 0 aromatic carbocycles. The van der Waals surface area contributed by atoms with Crippen molar-refractivity contribution in [2.24, 2.45) is 0 Å². The molecule has 0 spiro atoms. The number of aromatic hydroxyl groups is 1. The molecule has 2 aromatic rings. The van der Waals surface area contributed by atoms with Crippen LogP contribution < -0.4 is 5.56 Å². The highest BCUT2D eigenvalue weighted by Gasteiger charge is 2.12. The lowest BCUT2D eigenvalue weighted by molar-refractivity contribution is 0.444. The molecule has 0 saturated heterocycles. The topological polar surface area (TPSA) is 66.0 Å². The molecule has 0 atom stereocenters. The number of hydrogen-bond acceptors (Lipinski definition) is 4. The van der Waals surface area contributed by atoms with Crippen molar-refractivity contribution in [3.05, 3.63) is 32.9 Å². The van der Waals surface area contributed by atoms with Gasteiger partial charge in [-0.05, 0) is 30.4 Å². The van der Waals surface area contributed by atoms with Crippen molar-refractivity contribution in [3.8, 4) is 16.6 Å². The second kappa shape index (κ2) is 4.09. The zero-order valence-corrected chi connectivity index (χ0v) is 9.89. The molecular formula is C11H12N2O2S. The van der Waals surface area contributed by atoms with Gasteiger partial charge in [0.05, 0.1) is 10.4 Å². The Balaban J connectivity index is 2.61. The lowest BCUT2D eigenvalue weighted by atomic mass is 10.2. The number of hydrogen-bond donors (Lipinski definition) is 2. The van der Waals surface area contributed by atoms with Crippen molar-refractivity contribution < 1.29 is 5.11 Å². The monoisotopic (exact) mass is 236 g/mol. The fourth-order valence-corrected chi connectivity index (χ4v) is 2.40. The largest absolute Gasteiger partial charge is 0.493 e. The van der Waals surface area contributed by atoms with Gasteiger partial charge in [0.25, 0.3) is 5.56 Å². The molecule has 84 valence electrons. The molecule has 5 heteroatoms. The first-order valence-electron chi connectivity index (χ1n) is 5.00. The summed E-state index contributed by atoms with van der Waals surface area (Å²) in [6.45, 7) is 3.75. The van der Waals surface area contributed by atoms with E-state index >= 15 is 0 Å². The van der Waals surface area contributed by atoms with Gasteiger partial charge in [-0.25, -0.2) is 0 Å². The highest BCUT2D eigenvalue weighted by molar-refractivity contribution is 7.13. The molecule has 2 aromatic heterocycles. The van der Waals surface area contributed by atoms with Crippen molar-refractivity contribution in [1.82, 2.24) is 9.97 Å². The molecule has 16 heavy (non-hydrogen) atoms. The van der Waals surface area contributed by atoms with E-state index in [-0.39, 0.29) is 11.4 Å². The number of aromatic amines is 1. The van der Waals surface area contributed by atoms with Crippen molar-refractivity contribution in [2.75, 3.05) is 0 Å². The van der Waals surface area contributed by atoms with Crippen LogP contribution in [0.5, 0.6) is 5.88 Å². The van der Waals surface area contributed by atoms with Gasteiger partial charge in [0.2, 0.25) is 5.88 Å². The number of aryl methyl sites for hydroxylation is 1. The van der Waals surface area contributed by atoms with Gasteiger partial charge < -0.3 is 10.1 Å². The number of thiophene rings is 1.